The van der Waals surface area contributed by atoms with Crippen LogP contribution in [-0.4, -0.2) is 33.5 Å². The zero-order chi connectivity index (χ0) is 23.1. The van der Waals surface area contributed by atoms with Gasteiger partial charge in [0.25, 0.3) is 0 Å². The van der Waals surface area contributed by atoms with Crippen LogP contribution in [-0.2, 0) is 19.6 Å². The molecule has 0 radical (unpaired) electrons. The van der Waals surface area contributed by atoms with Crippen LogP contribution in [0.2, 0.25) is 0 Å². The van der Waals surface area contributed by atoms with E-state index in [1.807, 2.05) is 36.6 Å². The van der Waals surface area contributed by atoms with Gasteiger partial charge >= 0.3 is 5.97 Å². The number of aromatic nitrogens is 2. The number of carbonyl (C=O) groups excluding carboxylic acids is 1. The number of Topliss-reactive ketones (excluding diaryl/α,β-unsaturated/α-hetero) is 1. The summed E-state index contributed by atoms with van der Waals surface area (Å²) in [5.41, 5.74) is 2.42. The number of para-hydroxylation sites is 1. The van der Waals surface area contributed by atoms with Crippen LogP contribution in [0, 0.1) is 0 Å². The molecule has 1 aromatic heterocycles. The average molecular weight is 434 g/mol. The number of aromatic carboxylic acids is 1. The van der Waals surface area contributed by atoms with Crippen molar-refractivity contribution in [2.75, 3.05) is 7.11 Å². The van der Waals surface area contributed by atoms with Crippen molar-refractivity contribution >= 4 is 17.8 Å². The molecule has 32 heavy (non-hydrogen) atoms. The van der Waals surface area contributed by atoms with E-state index >= 15 is 0 Å². The van der Waals surface area contributed by atoms with E-state index in [9.17, 15) is 9.59 Å². The van der Waals surface area contributed by atoms with Gasteiger partial charge < -0.3 is 19.1 Å². The lowest BCUT2D eigenvalue weighted by Gasteiger charge is -2.13. The molecule has 2 aromatic carbocycles. The summed E-state index contributed by atoms with van der Waals surface area (Å²) >= 11 is 0. The van der Waals surface area contributed by atoms with Crippen molar-refractivity contribution in [1.29, 1.82) is 0 Å². The number of hydrogen-bond donors (Lipinski definition) is 1. The van der Waals surface area contributed by atoms with E-state index in [2.05, 4.69) is 0 Å². The molecule has 7 nitrogen and oxygen atoms in total. The maximum atomic E-state index is 13.1. The SMILES string of the molecule is C/C=C\c1nc(COc2ccc(C(=O)O)cc2)n(CC(=O)c2ccccc2OC)c1CC. The Labute approximate surface area is 186 Å². The van der Waals surface area contributed by atoms with Crippen LogP contribution < -0.4 is 9.47 Å². The lowest BCUT2D eigenvalue weighted by atomic mass is 10.1. The first-order chi connectivity index (χ1) is 15.5. The van der Waals surface area contributed by atoms with Gasteiger partial charge in [0.15, 0.2) is 5.78 Å². The molecule has 1 heterocycles. The quantitative estimate of drug-likeness (QED) is 0.467. The highest BCUT2D eigenvalue weighted by atomic mass is 16.5. The third-order valence-corrected chi connectivity index (χ3v) is 5.02. The standard InChI is InChI=1S/C25H26N2O5/c1-4-8-20-21(5-2)27(15-22(28)19-9-6-7-10-23(19)31-3)24(26-20)16-32-18-13-11-17(12-14-18)25(29)30/h4,6-14H,5,15-16H2,1-3H3,(H,29,30)/b8-4-. The second-order valence-corrected chi connectivity index (χ2v) is 7.04. The van der Waals surface area contributed by atoms with Crippen molar-refractivity contribution in [2.24, 2.45) is 0 Å². The number of benzene rings is 2. The summed E-state index contributed by atoms with van der Waals surface area (Å²) in [6, 6.07) is 13.3. The van der Waals surface area contributed by atoms with Crippen molar-refractivity contribution in [3.63, 3.8) is 0 Å². The first-order valence-corrected chi connectivity index (χ1v) is 10.3. The summed E-state index contributed by atoms with van der Waals surface area (Å²) in [5.74, 6) is 0.576. The number of rotatable bonds is 10. The van der Waals surface area contributed by atoms with Crippen molar-refractivity contribution in [1.82, 2.24) is 9.55 Å². The highest BCUT2D eigenvalue weighted by Gasteiger charge is 2.20. The van der Waals surface area contributed by atoms with E-state index < -0.39 is 5.97 Å². The molecule has 0 spiro atoms. The van der Waals surface area contributed by atoms with Crippen LogP contribution in [0.4, 0.5) is 0 Å². The first-order valence-electron chi connectivity index (χ1n) is 10.3. The highest BCUT2D eigenvalue weighted by Crippen LogP contribution is 2.22. The van der Waals surface area contributed by atoms with Crippen molar-refractivity contribution in [3.05, 3.63) is 82.9 Å². The Kier molecular flexibility index (Phi) is 7.44. The molecule has 7 heteroatoms. The summed E-state index contributed by atoms with van der Waals surface area (Å²) in [4.78, 5) is 28.8. The monoisotopic (exact) mass is 434 g/mol. The molecule has 0 bridgehead atoms. The Hall–Kier alpha value is -3.87. The molecule has 0 fully saturated rings. The maximum Gasteiger partial charge on any atom is 0.335 e. The molecule has 1 N–H and O–H groups in total. The molecule has 3 aromatic rings. The Bertz CT molecular complexity index is 1130. The lowest BCUT2D eigenvalue weighted by molar-refractivity contribution is 0.0696. The number of hydrogen-bond acceptors (Lipinski definition) is 5. The molecule has 3 rings (SSSR count). The van der Waals surface area contributed by atoms with Crippen LogP contribution in [0.1, 0.15) is 51.8 Å². The van der Waals surface area contributed by atoms with Crippen LogP contribution in [0.15, 0.2) is 54.6 Å². The average Bonchev–Trinajstić information content (AvgIpc) is 3.13. The minimum atomic E-state index is -0.995. The van der Waals surface area contributed by atoms with Gasteiger partial charge in [0.1, 0.15) is 23.9 Å². The molecule has 0 aliphatic rings. The van der Waals surface area contributed by atoms with E-state index in [0.717, 1.165) is 11.4 Å². The van der Waals surface area contributed by atoms with Gasteiger partial charge in [0.2, 0.25) is 0 Å². The van der Waals surface area contributed by atoms with Gasteiger partial charge in [0, 0.05) is 5.69 Å². The van der Waals surface area contributed by atoms with Gasteiger partial charge in [-0.1, -0.05) is 25.1 Å². The smallest absolute Gasteiger partial charge is 0.335 e. The van der Waals surface area contributed by atoms with Crippen molar-refractivity contribution < 1.29 is 24.2 Å². The Morgan fingerprint density at radius 2 is 1.84 bits per heavy atom. The summed E-state index contributed by atoms with van der Waals surface area (Å²) in [6.07, 6.45) is 4.51. The minimum absolute atomic E-state index is 0.0892. The molecule has 0 unspecified atom stereocenters. The normalized spacial score (nSPS) is 11.0. The second kappa shape index (κ2) is 10.4. The minimum Gasteiger partial charge on any atom is -0.496 e. The fraction of sp³-hybridized carbons (Fsp3) is 0.240. The zero-order valence-electron chi connectivity index (χ0n) is 18.4. The van der Waals surface area contributed by atoms with E-state index in [1.165, 1.54) is 12.1 Å². The van der Waals surface area contributed by atoms with Crippen molar-refractivity contribution in [2.45, 2.75) is 33.4 Å². The van der Waals surface area contributed by atoms with Crippen LogP contribution in [0.3, 0.4) is 0 Å². The van der Waals surface area contributed by atoms with Gasteiger partial charge in [-0.15, -0.1) is 0 Å². The van der Waals surface area contributed by atoms with Gasteiger partial charge in [-0.2, -0.15) is 0 Å². The second-order valence-electron chi connectivity index (χ2n) is 7.04. The molecule has 166 valence electrons. The van der Waals surface area contributed by atoms with E-state index in [1.54, 1.807) is 37.4 Å². The van der Waals surface area contributed by atoms with Crippen LogP contribution in [0.5, 0.6) is 11.5 Å². The number of methoxy groups -OCH3 is 1. The first kappa shape index (κ1) is 22.8. The number of ketones is 1. The number of carboxylic acids is 1. The molecular weight excluding hydrogens is 408 g/mol. The molecule has 0 saturated carbocycles. The summed E-state index contributed by atoms with van der Waals surface area (Å²) in [6.45, 7) is 4.17. The molecule has 0 atom stereocenters. The Balaban J connectivity index is 1.90. The topological polar surface area (TPSA) is 90.6 Å². The summed E-state index contributed by atoms with van der Waals surface area (Å²) in [7, 11) is 1.54. The number of carbonyl (C=O) groups is 2. The van der Waals surface area contributed by atoms with Crippen LogP contribution >= 0.6 is 0 Å². The van der Waals surface area contributed by atoms with Gasteiger partial charge in [0.05, 0.1) is 30.5 Å². The number of ether oxygens (including phenoxy) is 2. The van der Waals surface area contributed by atoms with Gasteiger partial charge in [-0.25, -0.2) is 9.78 Å². The predicted molar refractivity (Wildman–Crippen MR) is 121 cm³/mol. The van der Waals surface area contributed by atoms with E-state index in [4.69, 9.17) is 19.6 Å². The largest absolute Gasteiger partial charge is 0.496 e. The van der Waals surface area contributed by atoms with Gasteiger partial charge in [-0.3, -0.25) is 4.79 Å². The third-order valence-electron chi connectivity index (χ3n) is 5.02. The Morgan fingerprint density at radius 1 is 1.12 bits per heavy atom. The number of allylic oxidation sites excluding steroid dienone is 1. The summed E-state index contributed by atoms with van der Waals surface area (Å²) < 4.78 is 13.1. The number of carboxylic acid groups (broad SMARTS) is 1. The maximum absolute atomic E-state index is 13.1. The third kappa shape index (κ3) is 5.06. The fourth-order valence-corrected chi connectivity index (χ4v) is 3.46. The van der Waals surface area contributed by atoms with E-state index in [0.29, 0.717) is 29.3 Å². The number of imidazole rings is 1. The molecular formula is C25H26N2O5. The molecule has 0 aliphatic heterocycles. The zero-order valence-corrected chi connectivity index (χ0v) is 18.4. The summed E-state index contributed by atoms with van der Waals surface area (Å²) in [5, 5.41) is 9.04. The molecule has 0 saturated heterocycles. The molecule has 0 amide bonds. The fourth-order valence-electron chi connectivity index (χ4n) is 3.46. The van der Waals surface area contributed by atoms with E-state index in [-0.39, 0.29) is 24.5 Å². The predicted octanol–water partition coefficient (Wildman–Crippen LogP) is 4.65. The molecule has 0 aliphatic carbocycles. The highest BCUT2D eigenvalue weighted by molar-refractivity contribution is 5.98. The number of nitrogens with zero attached hydrogens (tertiary/aromatic N) is 2. The lowest BCUT2D eigenvalue weighted by Crippen LogP contribution is -2.17. The Morgan fingerprint density at radius 3 is 2.47 bits per heavy atom. The van der Waals surface area contributed by atoms with Gasteiger partial charge in [-0.05, 0) is 55.8 Å². The van der Waals surface area contributed by atoms with Crippen LogP contribution in [0.25, 0.3) is 6.08 Å². The van der Waals surface area contributed by atoms with Crippen molar-refractivity contribution in [3.8, 4) is 11.5 Å².